The summed E-state index contributed by atoms with van der Waals surface area (Å²) >= 11 is 0. The number of para-hydroxylation sites is 2. The first-order chi connectivity index (χ1) is 8.68. The molecule has 1 unspecified atom stereocenters. The number of hydrogen-bond donors (Lipinski definition) is 2. The standard InChI is InChI=1S/C14H14FNO2/c15-11-6-2-4-8-14(11)18-9-13(17)10-5-1-3-7-12(10)16/h1-8,13,17H,9,16H2. The Morgan fingerprint density at radius 1 is 1.11 bits per heavy atom. The maximum atomic E-state index is 13.3. The van der Waals surface area contributed by atoms with Crippen molar-refractivity contribution in [1.82, 2.24) is 0 Å². The Labute approximate surface area is 105 Å². The van der Waals surface area contributed by atoms with Crippen LogP contribution in [0.3, 0.4) is 0 Å². The molecule has 0 aromatic heterocycles. The number of nitrogen functional groups attached to an aromatic ring is 1. The predicted octanol–water partition coefficient (Wildman–Crippen LogP) is 2.52. The van der Waals surface area contributed by atoms with Gasteiger partial charge in [-0.2, -0.15) is 0 Å². The molecule has 0 saturated heterocycles. The van der Waals surface area contributed by atoms with Gasteiger partial charge in [0.1, 0.15) is 12.7 Å². The molecule has 0 saturated carbocycles. The average Bonchev–Trinajstić information content (AvgIpc) is 2.38. The summed E-state index contributed by atoms with van der Waals surface area (Å²) in [5, 5.41) is 9.93. The average molecular weight is 247 g/mol. The zero-order valence-corrected chi connectivity index (χ0v) is 9.71. The van der Waals surface area contributed by atoms with Crippen molar-refractivity contribution >= 4 is 5.69 Å². The quantitative estimate of drug-likeness (QED) is 0.816. The normalized spacial score (nSPS) is 12.1. The van der Waals surface area contributed by atoms with E-state index in [1.165, 1.54) is 12.1 Å². The summed E-state index contributed by atoms with van der Waals surface area (Å²) in [7, 11) is 0. The van der Waals surface area contributed by atoms with E-state index in [4.69, 9.17) is 10.5 Å². The van der Waals surface area contributed by atoms with Crippen molar-refractivity contribution in [2.75, 3.05) is 12.3 Å². The van der Waals surface area contributed by atoms with E-state index in [-0.39, 0.29) is 12.4 Å². The van der Waals surface area contributed by atoms with Gasteiger partial charge in [-0.25, -0.2) is 4.39 Å². The number of rotatable bonds is 4. The van der Waals surface area contributed by atoms with Crippen molar-refractivity contribution in [2.24, 2.45) is 0 Å². The van der Waals surface area contributed by atoms with E-state index >= 15 is 0 Å². The third kappa shape index (κ3) is 2.78. The molecule has 0 aliphatic carbocycles. The van der Waals surface area contributed by atoms with Crippen molar-refractivity contribution in [1.29, 1.82) is 0 Å². The number of aliphatic hydroxyl groups excluding tert-OH is 1. The van der Waals surface area contributed by atoms with Gasteiger partial charge in [0.05, 0.1) is 0 Å². The number of nitrogens with two attached hydrogens (primary N) is 1. The van der Waals surface area contributed by atoms with Crippen molar-refractivity contribution < 1.29 is 14.2 Å². The van der Waals surface area contributed by atoms with E-state index in [2.05, 4.69) is 0 Å². The molecule has 0 spiro atoms. The smallest absolute Gasteiger partial charge is 0.165 e. The van der Waals surface area contributed by atoms with Crippen LogP contribution in [0.5, 0.6) is 5.75 Å². The lowest BCUT2D eigenvalue weighted by Crippen LogP contribution is -2.12. The van der Waals surface area contributed by atoms with Gasteiger partial charge in [-0.15, -0.1) is 0 Å². The largest absolute Gasteiger partial charge is 0.487 e. The second kappa shape index (κ2) is 5.51. The van der Waals surface area contributed by atoms with Crippen molar-refractivity contribution in [3.8, 4) is 5.75 Å². The molecule has 0 amide bonds. The van der Waals surface area contributed by atoms with E-state index in [0.29, 0.717) is 11.3 Å². The Bertz CT molecular complexity index is 531. The van der Waals surface area contributed by atoms with Crippen LogP contribution in [0.4, 0.5) is 10.1 Å². The molecule has 2 aromatic carbocycles. The zero-order valence-electron chi connectivity index (χ0n) is 9.71. The van der Waals surface area contributed by atoms with Crippen molar-refractivity contribution in [2.45, 2.75) is 6.10 Å². The fraction of sp³-hybridized carbons (Fsp3) is 0.143. The van der Waals surface area contributed by atoms with Gasteiger partial charge < -0.3 is 15.6 Å². The summed E-state index contributed by atoms with van der Waals surface area (Å²) in [5.41, 5.74) is 6.80. The molecule has 2 aromatic rings. The van der Waals surface area contributed by atoms with Crippen LogP contribution in [0.15, 0.2) is 48.5 Å². The minimum atomic E-state index is -0.884. The summed E-state index contributed by atoms with van der Waals surface area (Å²) in [6.45, 7) is -0.0465. The Kier molecular flexibility index (Phi) is 3.79. The molecule has 3 N–H and O–H groups in total. The van der Waals surface area contributed by atoms with Crippen molar-refractivity contribution in [3.63, 3.8) is 0 Å². The highest BCUT2D eigenvalue weighted by molar-refractivity contribution is 5.47. The maximum Gasteiger partial charge on any atom is 0.165 e. The second-order valence-electron chi connectivity index (χ2n) is 3.89. The first-order valence-corrected chi connectivity index (χ1v) is 5.58. The van der Waals surface area contributed by atoms with Gasteiger partial charge in [0.25, 0.3) is 0 Å². The molecule has 4 heteroatoms. The van der Waals surface area contributed by atoms with Crippen LogP contribution in [-0.4, -0.2) is 11.7 Å². The number of anilines is 1. The molecule has 0 aliphatic rings. The minimum absolute atomic E-state index is 0.0465. The molecular formula is C14H14FNO2. The Morgan fingerprint density at radius 3 is 2.50 bits per heavy atom. The first kappa shape index (κ1) is 12.4. The summed E-state index contributed by atoms with van der Waals surface area (Å²) in [5.74, 6) is -0.336. The first-order valence-electron chi connectivity index (χ1n) is 5.58. The third-order valence-electron chi connectivity index (χ3n) is 2.59. The third-order valence-corrected chi connectivity index (χ3v) is 2.59. The topological polar surface area (TPSA) is 55.5 Å². The van der Waals surface area contributed by atoms with Gasteiger partial charge in [-0.05, 0) is 18.2 Å². The molecule has 94 valence electrons. The molecule has 0 radical (unpaired) electrons. The lowest BCUT2D eigenvalue weighted by Gasteiger charge is -2.14. The van der Waals surface area contributed by atoms with Crippen LogP contribution in [0.25, 0.3) is 0 Å². The molecule has 0 heterocycles. The van der Waals surface area contributed by atoms with Crippen LogP contribution < -0.4 is 10.5 Å². The van der Waals surface area contributed by atoms with E-state index < -0.39 is 11.9 Å². The Balaban J connectivity index is 2.03. The Morgan fingerprint density at radius 2 is 1.78 bits per heavy atom. The van der Waals surface area contributed by atoms with Crippen LogP contribution in [0.1, 0.15) is 11.7 Å². The molecule has 18 heavy (non-hydrogen) atoms. The SMILES string of the molecule is Nc1ccccc1C(O)COc1ccccc1F. The molecule has 2 rings (SSSR count). The monoisotopic (exact) mass is 247 g/mol. The van der Waals surface area contributed by atoms with Crippen LogP contribution in [-0.2, 0) is 0 Å². The molecule has 1 atom stereocenters. The van der Waals surface area contributed by atoms with E-state index in [0.717, 1.165) is 0 Å². The van der Waals surface area contributed by atoms with E-state index in [1.807, 2.05) is 0 Å². The lowest BCUT2D eigenvalue weighted by molar-refractivity contribution is 0.106. The minimum Gasteiger partial charge on any atom is -0.487 e. The number of ether oxygens (including phenoxy) is 1. The summed E-state index contributed by atoms with van der Waals surface area (Å²) in [6, 6.07) is 13.0. The number of benzene rings is 2. The maximum absolute atomic E-state index is 13.3. The summed E-state index contributed by atoms with van der Waals surface area (Å²) in [4.78, 5) is 0. The van der Waals surface area contributed by atoms with Gasteiger partial charge in [-0.3, -0.25) is 0 Å². The molecule has 0 aliphatic heterocycles. The number of hydrogen-bond acceptors (Lipinski definition) is 3. The fourth-order valence-corrected chi connectivity index (χ4v) is 1.63. The summed E-state index contributed by atoms with van der Waals surface area (Å²) < 4.78 is 18.5. The fourth-order valence-electron chi connectivity index (χ4n) is 1.63. The second-order valence-corrected chi connectivity index (χ2v) is 3.89. The number of aliphatic hydroxyl groups is 1. The molecule has 3 nitrogen and oxygen atoms in total. The van der Waals surface area contributed by atoms with Crippen LogP contribution in [0.2, 0.25) is 0 Å². The van der Waals surface area contributed by atoms with Crippen LogP contribution in [0, 0.1) is 5.82 Å². The highest BCUT2D eigenvalue weighted by Crippen LogP contribution is 2.22. The van der Waals surface area contributed by atoms with Gasteiger partial charge in [0.15, 0.2) is 11.6 Å². The number of halogens is 1. The molecular weight excluding hydrogens is 233 g/mol. The lowest BCUT2D eigenvalue weighted by atomic mass is 10.1. The van der Waals surface area contributed by atoms with E-state index in [1.54, 1.807) is 36.4 Å². The predicted molar refractivity (Wildman–Crippen MR) is 67.7 cm³/mol. The van der Waals surface area contributed by atoms with Gasteiger partial charge in [-0.1, -0.05) is 30.3 Å². The van der Waals surface area contributed by atoms with Gasteiger partial charge >= 0.3 is 0 Å². The van der Waals surface area contributed by atoms with E-state index in [9.17, 15) is 9.50 Å². The van der Waals surface area contributed by atoms with Gasteiger partial charge in [0, 0.05) is 11.3 Å². The zero-order chi connectivity index (χ0) is 13.0. The highest BCUT2D eigenvalue weighted by atomic mass is 19.1. The summed E-state index contributed by atoms with van der Waals surface area (Å²) in [6.07, 6.45) is -0.884. The van der Waals surface area contributed by atoms with Crippen molar-refractivity contribution in [3.05, 3.63) is 59.9 Å². The molecule has 0 fully saturated rings. The Hall–Kier alpha value is -2.07. The molecule has 0 bridgehead atoms. The van der Waals surface area contributed by atoms with Gasteiger partial charge in [0.2, 0.25) is 0 Å². The van der Waals surface area contributed by atoms with Crippen LogP contribution >= 0.6 is 0 Å². The highest BCUT2D eigenvalue weighted by Gasteiger charge is 2.12.